The molecule has 0 bridgehead atoms. The highest BCUT2D eigenvalue weighted by atomic mass is 32.2. The van der Waals surface area contributed by atoms with Gasteiger partial charge in [-0.3, -0.25) is 10.1 Å². The maximum atomic E-state index is 13.3. The van der Waals surface area contributed by atoms with E-state index < -0.39 is 20.6 Å². The highest BCUT2D eigenvalue weighted by molar-refractivity contribution is 7.90. The topological polar surface area (TPSA) is 103 Å². The fourth-order valence-electron chi connectivity index (χ4n) is 1.72. The van der Waals surface area contributed by atoms with E-state index in [1.807, 2.05) is 0 Å². The minimum absolute atomic E-state index is 0.130. The highest BCUT2D eigenvalue weighted by Crippen LogP contribution is 2.21. The van der Waals surface area contributed by atoms with Crippen LogP contribution in [0.15, 0.2) is 47.4 Å². The number of halogens is 1. The number of nitrogens with two attached hydrogens (primary N) is 1. The smallest absolute Gasteiger partial charge is 0.269 e. The van der Waals surface area contributed by atoms with Gasteiger partial charge in [-0.2, -0.15) is 0 Å². The van der Waals surface area contributed by atoms with Gasteiger partial charge in [0.1, 0.15) is 5.82 Å². The fraction of sp³-hybridized carbons (Fsp3) is 0.0769. The number of nitrogens with zero attached hydrogens (tertiary/aromatic N) is 1. The van der Waals surface area contributed by atoms with Gasteiger partial charge in [-0.1, -0.05) is 12.1 Å². The summed E-state index contributed by atoms with van der Waals surface area (Å²) in [4.78, 5) is 9.76. The molecule has 0 heterocycles. The summed E-state index contributed by atoms with van der Waals surface area (Å²) >= 11 is 0. The first-order valence-corrected chi connectivity index (χ1v) is 7.46. The van der Waals surface area contributed by atoms with Gasteiger partial charge >= 0.3 is 0 Å². The van der Waals surface area contributed by atoms with Crippen LogP contribution in [0.4, 0.5) is 15.8 Å². The van der Waals surface area contributed by atoms with E-state index in [1.165, 1.54) is 36.4 Å². The number of sulfone groups is 1. The molecule has 0 saturated heterocycles. The van der Waals surface area contributed by atoms with Crippen molar-refractivity contribution in [2.75, 3.05) is 5.73 Å². The van der Waals surface area contributed by atoms with Crippen LogP contribution in [0.5, 0.6) is 0 Å². The Morgan fingerprint density at radius 2 is 1.76 bits per heavy atom. The zero-order chi connectivity index (χ0) is 15.6. The predicted molar refractivity (Wildman–Crippen MR) is 74.8 cm³/mol. The second-order valence-corrected chi connectivity index (χ2v) is 6.36. The van der Waals surface area contributed by atoms with E-state index in [1.54, 1.807) is 0 Å². The van der Waals surface area contributed by atoms with Crippen LogP contribution in [0.1, 0.15) is 5.56 Å². The molecule has 0 radical (unpaired) electrons. The third-order valence-electron chi connectivity index (χ3n) is 2.83. The molecule has 0 fully saturated rings. The molecule has 0 atom stereocenters. The van der Waals surface area contributed by atoms with Crippen LogP contribution in [-0.4, -0.2) is 13.3 Å². The average Bonchev–Trinajstić information content (AvgIpc) is 2.42. The van der Waals surface area contributed by atoms with E-state index in [-0.39, 0.29) is 22.0 Å². The van der Waals surface area contributed by atoms with Crippen molar-refractivity contribution in [3.05, 3.63) is 64.0 Å². The maximum absolute atomic E-state index is 13.3. The van der Waals surface area contributed by atoms with Gasteiger partial charge in [-0.25, -0.2) is 12.8 Å². The van der Waals surface area contributed by atoms with E-state index in [0.717, 1.165) is 6.07 Å². The molecule has 0 amide bonds. The zero-order valence-corrected chi connectivity index (χ0v) is 11.5. The Kier molecular flexibility index (Phi) is 3.90. The number of hydrogen-bond acceptors (Lipinski definition) is 5. The summed E-state index contributed by atoms with van der Waals surface area (Å²) < 4.78 is 37.6. The minimum Gasteiger partial charge on any atom is -0.396 e. The van der Waals surface area contributed by atoms with E-state index >= 15 is 0 Å². The number of anilines is 1. The Bertz CT molecular complexity index is 788. The number of nitrogen functional groups attached to an aromatic ring is 1. The molecule has 0 aliphatic heterocycles. The van der Waals surface area contributed by atoms with Gasteiger partial charge < -0.3 is 5.73 Å². The lowest BCUT2D eigenvalue weighted by molar-refractivity contribution is -0.384. The number of non-ortho nitro benzene ring substituents is 1. The van der Waals surface area contributed by atoms with Gasteiger partial charge in [0.2, 0.25) is 0 Å². The van der Waals surface area contributed by atoms with Crippen molar-refractivity contribution in [3.8, 4) is 0 Å². The Hall–Kier alpha value is -2.48. The summed E-state index contributed by atoms with van der Waals surface area (Å²) in [6.07, 6.45) is 0. The molecular formula is C13H11FN2O4S. The second kappa shape index (κ2) is 5.49. The molecule has 0 aromatic heterocycles. The summed E-state index contributed by atoms with van der Waals surface area (Å²) in [6.45, 7) is 0. The highest BCUT2D eigenvalue weighted by Gasteiger charge is 2.17. The Morgan fingerprint density at radius 1 is 1.14 bits per heavy atom. The van der Waals surface area contributed by atoms with Crippen LogP contribution >= 0.6 is 0 Å². The summed E-state index contributed by atoms with van der Waals surface area (Å²) in [6, 6.07) is 8.39. The molecule has 0 unspecified atom stereocenters. The molecule has 21 heavy (non-hydrogen) atoms. The lowest BCUT2D eigenvalue weighted by atomic mass is 10.2. The third kappa shape index (κ3) is 3.34. The van der Waals surface area contributed by atoms with Crippen molar-refractivity contribution >= 4 is 21.2 Å². The van der Waals surface area contributed by atoms with Gasteiger partial charge in [0.05, 0.1) is 21.3 Å². The largest absolute Gasteiger partial charge is 0.396 e. The number of benzene rings is 2. The van der Waals surface area contributed by atoms with E-state index in [4.69, 9.17) is 5.73 Å². The second-order valence-electron chi connectivity index (χ2n) is 4.37. The summed E-state index contributed by atoms with van der Waals surface area (Å²) in [5, 5.41) is 10.5. The Labute approximate surface area is 120 Å². The molecule has 6 nitrogen and oxygen atoms in total. The molecule has 0 aliphatic carbocycles. The normalized spacial score (nSPS) is 11.3. The fourth-order valence-corrected chi connectivity index (χ4v) is 3.07. The Morgan fingerprint density at radius 3 is 2.29 bits per heavy atom. The third-order valence-corrected chi connectivity index (χ3v) is 4.52. The van der Waals surface area contributed by atoms with Crippen LogP contribution in [0.2, 0.25) is 0 Å². The molecular weight excluding hydrogens is 299 g/mol. The average molecular weight is 310 g/mol. The van der Waals surface area contributed by atoms with Crippen molar-refractivity contribution in [1.29, 1.82) is 0 Å². The number of rotatable bonds is 4. The van der Waals surface area contributed by atoms with E-state index in [9.17, 15) is 22.9 Å². The van der Waals surface area contributed by atoms with Crippen molar-refractivity contribution in [2.45, 2.75) is 10.6 Å². The number of nitro benzene ring substituents is 1. The minimum atomic E-state index is -3.75. The van der Waals surface area contributed by atoms with Gasteiger partial charge in [-0.05, 0) is 23.8 Å². The van der Waals surface area contributed by atoms with Gasteiger partial charge in [0, 0.05) is 12.1 Å². The number of nitro groups is 1. The summed E-state index contributed by atoms with van der Waals surface area (Å²) in [5.74, 6) is -1.19. The molecule has 2 aromatic rings. The van der Waals surface area contributed by atoms with Crippen LogP contribution in [0, 0.1) is 15.9 Å². The van der Waals surface area contributed by atoms with E-state index in [2.05, 4.69) is 0 Å². The van der Waals surface area contributed by atoms with Gasteiger partial charge in [-0.15, -0.1) is 0 Å². The predicted octanol–water partition coefficient (Wildman–Crippen LogP) is 2.29. The standard InChI is InChI=1S/C13H11FN2O4S/c14-12-7-11(5-6-13(12)15)21(19,20)8-9-1-3-10(4-2-9)16(17)18/h1-7H,8,15H2. The molecule has 0 saturated carbocycles. The zero-order valence-electron chi connectivity index (χ0n) is 10.7. The molecule has 2 aromatic carbocycles. The van der Waals surface area contributed by atoms with Crippen LogP contribution < -0.4 is 5.73 Å². The quantitative estimate of drug-likeness (QED) is 0.530. The van der Waals surface area contributed by atoms with Crippen molar-refractivity contribution in [2.24, 2.45) is 0 Å². The maximum Gasteiger partial charge on any atom is 0.269 e. The van der Waals surface area contributed by atoms with Crippen LogP contribution in [0.25, 0.3) is 0 Å². The van der Waals surface area contributed by atoms with Gasteiger partial charge in [0.15, 0.2) is 9.84 Å². The van der Waals surface area contributed by atoms with Crippen LogP contribution in [0.3, 0.4) is 0 Å². The Balaban J connectivity index is 2.28. The first-order chi connectivity index (χ1) is 9.79. The lowest BCUT2D eigenvalue weighted by Crippen LogP contribution is -2.06. The van der Waals surface area contributed by atoms with Crippen molar-refractivity contribution in [1.82, 2.24) is 0 Å². The van der Waals surface area contributed by atoms with Gasteiger partial charge in [0.25, 0.3) is 5.69 Å². The van der Waals surface area contributed by atoms with E-state index in [0.29, 0.717) is 5.56 Å². The molecule has 2 rings (SSSR count). The van der Waals surface area contributed by atoms with Crippen molar-refractivity contribution in [3.63, 3.8) is 0 Å². The molecule has 8 heteroatoms. The molecule has 2 N–H and O–H groups in total. The lowest BCUT2D eigenvalue weighted by Gasteiger charge is -2.06. The van der Waals surface area contributed by atoms with Crippen molar-refractivity contribution < 1.29 is 17.7 Å². The summed E-state index contributed by atoms with van der Waals surface area (Å²) in [5.41, 5.74) is 5.40. The van der Waals surface area contributed by atoms with Crippen LogP contribution in [-0.2, 0) is 15.6 Å². The first kappa shape index (κ1) is 14.9. The number of hydrogen-bond donors (Lipinski definition) is 1. The summed E-state index contributed by atoms with van der Waals surface area (Å²) in [7, 11) is -3.75. The monoisotopic (exact) mass is 310 g/mol. The molecule has 110 valence electrons. The SMILES string of the molecule is Nc1ccc(S(=O)(=O)Cc2ccc([N+](=O)[O-])cc2)cc1F. The molecule has 0 spiro atoms. The molecule has 0 aliphatic rings. The first-order valence-electron chi connectivity index (χ1n) is 5.81.